The van der Waals surface area contributed by atoms with Crippen LogP contribution in [0.25, 0.3) is 0 Å². The van der Waals surface area contributed by atoms with E-state index in [4.69, 9.17) is 4.74 Å². The van der Waals surface area contributed by atoms with Crippen molar-refractivity contribution >= 4 is 5.91 Å². The SMILES string of the molecule is CCC1CCC(C#N)(NC(=O)CC2CCCCO2)CC1. The maximum absolute atomic E-state index is 12.2. The van der Waals surface area contributed by atoms with E-state index < -0.39 is 5.54 Å². The Labute approximate surface area is 121 Å². The molecule has 2 aliphatic rings. The van der Waals surface area contributed by atoms with Crippen molar-refractivity contribution in [2.75, 3.05) is 6.61 Å². The molecule has 1 saturated carbocycles. The molecule has 20 heavy (non-hydrogen) atoms. The average Bonchev–Trinajstić information content (AvgIpc) is 2.49. The zero-order valence-corrected chi connectivity index (χ0v) is 12.5. The quantitative estimate of drug-likeness (QED) is 0.860. The monoisotopic (exact) mass is 278 g/mol. The molecule has 1 saturated heterocycles. The summed E-state index contributed by atoms with van der Waals surface area (Å²) in [5, 5.41) is 12.5. The molecule has 0 aromatic carbocycles. The highest BCUT2D eigenvalue weighted by Crippen LogP contribution is 2.33. The lowest BCUT2D eigenvalue weighted by Gasteiger charge is -2.35. The largest absolute Gasteiger partial charge is 0.378 e. The van der Waals surface area contributed by atoms with Gasteiger partial charge in [-0.3, -0.25) is 4.79 Å². The molecule has 2 rings (SSSR count). The van der Waals surface area contributed by atoms with Gasteiger partial charge in [0.05, 0.1) is 18.6 Å². The first-order valence-corrected chi connectivity index (χ1v) is 8.01. The summed E-state index contributed by atoms with van der Waals surface area (Å²) in [7, 11) is 0. The number of rotatable bonds is 4. The summed E-state index contributed by atoms with van der Waals surface area (Å²) in [4.78, 5) is 12.2. The van der Waals surface area contributed by atoms with E-state index in [0.29, 0.717) is 6.42 Å². The van der Waals surface area contributed by atoms with E-state index in [-0.39, 0.29) is 12.0 Å². The zero-order chi connectivity index (χ0) is 14.4. The second-order valence-electron chi connectivity index (χ2n) is 6.29. The van der Waals surface area contributed by atoms with Gasteiger partial charge in [0.2, 0.25) is 5.91 Å². The Morgan fingerprint density at radius 2 is 2.10 bits per heavy atom. The Kier molecular flexibility index (Phi) is 5.42. The molecule has 2 fully saturated rings. The van der Waals surface area contributed by atoms with Gasteiger partial charge >= 0.3 is 0 Å². The molecule has 1 unspecified atom stereocenters. The van der Waals surface area contributed by atoms with Crippen LogP contribution in [-0.2, 0) is 9.53 Å². The number of hydrogen-bond acceptors (Lipinski definition) is 3. The van der Waals surface area contributed by atoms with E-state index in [1.807, 2.05) is 0 Å². The molecule has 0 radical (unpaired) electrons. The van der Waals surface area contributed by atoms with Gasteiger partial charge in [0, 0.05) is 6.61 Å². The summed E-state index contributed by atoms with van der Waals surface area (Å²) >= 11 is 0. The van der Waals surface area contributed by atoms with E-state index >= 15 is 0 Å². The minimum absolute atomic E-state index is 0.0200. The topological polar surface area (TPSA) is 62.1 Å². The average molecular weight is 278 g/mol. The third-order valence-corrected chi connectivity index (χ3v) is 4.82. The van der Waals surface area contributed by atoms with E-state index in [1.165, 1.54) is 6.42 Å². The van der Waals surface area contributed by atoms with Gasteiger partial charge in [-0.25, -0.2) is 0 Å². The van der Waals surface area contributed by atoms with Gasteiger partial charge < -0.3 is 10.1 Å². The molecule has 1 amide bonds. The van der Waals surface area contributed by atoms with Crippen LogP contribution in [0.3, 0.4) is 0 Å². The fourth-order valence-corrected chi connectivity index (χ4v) is 3.34. The number of carbonyl (C=O) groups is 1. The molecular weight excluding hydrogens is 252 g/mol. The fourth-order valence-electron chi connectivity index (χ4n) is 3.34. The predicted octanol–water partition coefficient (Wildman–Crippen LogP) is 2.92. The number of carbonyl (C=O) groups excluding carboxylic acids is 1. The third kappa shape index (κ3) is 3.96. The van der Waals surface area contributed by atoms with Gasteiger partial charge in [-0.05, 0) is 50.9 Å². The molecule has 0 bridgehead atoms. The molecule has 4 heteroatoms. The molecule has 0 aromatic rings. The molecular formula is C16H26N2O2. The van der Waals surface area contributed by atoms with Crippen molar-refractivity contribution in [3.8, 4) is 6.07 Å². The second-order valence-corrected chi connectivity index (χ2v) is 6.29. The first kappa shape index (κ1) is 15.3. The minimum atomic E-state index is -0.628. The van der Waals surface area contributed by atoms with E-state index in [0.717, 1.165) is 57.5 Å². The molecule has 4 nitrogen and oxygen atoms in total. The Morgan fingerprint density at radius 1 is 1.35 bits per heavy atom. The number of hydrogen-bond donors (Lipinski definition) is 1. The highest BCUT2D eigenvalue weighted by molar-refractivity contribution is 5.77. The summed E-state index contributed by atoms with van der Waals surface area (Å²) in [5.41, 5.74) is -0.628. The first-order valence-electron chi connectivity index (χ1n) is 8.01. The van der Waals surface area contributed by atoms with Gasteiger partial charge in [-0.15, -0.1) is 0 Å². The van der Waals surface area contributed by atoms with Crippen LogP contribution in [0.1, 0.15) is 64.7 Å². The van der Waals surface area contributed by atoms with Crippen LogP contribution in [0.5, 0.6) is 0 Å². The highest BCUT2D eigenvalue weighted by Gasteiger charge is 2.36. The van der Waals surface area contributed by atoms with Gasteiger partial charge in [0.1, 0.15) is 5.54 Å². The summed E-state index contributed by atoms with van der Waals surface area (Å²) in [6, 6.07) is 2.36. The second kappa shape index (κ2) is 7.08. The van der Waals surface area contributed by atoms with Crippen LogP contribution in [0.2, 0.25) is 0 Å². The van der Waals surface area contributed by atoms with E-state index in [1.54, 1.807) is 0 Å². The van der Waals surface area contributed by atoms with Crippen molar-refractivity contribution in [1.29, 1.82) is 5.26 Å². The lowest BCUT2D eigenvalue weighted by molar-refractivity contribution is -0.126. The van der Waals surface area contributed by atoms with Crippen LogP contribution in [0.4, 0.5) is 0 Å². The smallest absolute Gasteiger partial charge is 0.223 e. The third-order valence-electron chi connectivity index (χ3n) is 4.82. The number of nitrogens with zero attached hydrogens (tertiary/aromatic N) is 1. The van der Waals surface area contributed by atoms with Crippen LogP contribution in [-0.4, -0.2) is 24.2 Å². The Balaban J connectivity index is 1.83. The van der Waals surface area contributed by atoms with Crippen molar-refractivity contribution in [3.05, 3.63) is 0 Å². The number of ether oxygens (including phenoxy) is 1. The van der Waals surface area contributed by atoms with Crippen molar-refractivity contribution < 1.29 is 9.53 Å². The standard InChI is InChI=1S/C16H26N2O2/c1-2-13-6-8-16(12-17,9-7-13)18-15(19)11-14-5-3-4-10-20-14/h13-14H,2-11H2,1H3,(H,18,19). The normalized spacial score (nSPS) is 34.2. The Hall–Kier alpha value is -1.08. The van der Waals surface area contributed by atoms with Gasteiger partial charge in [0.25, 0.3) is 0 Å². The maximum Gasteiger partial charge on any atom is 0.223 e. The fraction of sp³-hybridized carbons (Fsp3) is 0.875. The number of nitrogens with one attached hydrogen (secondary N) is 1. The van der Waals surface area contributed by atoms with Crippen molar-refractivity contribution in [1.82, 2.24) is 5.32 Å². The van der Waals surface area contributed by atoms with Gasteiger partial charge in [0.15, 0.2) is 0 Å². The zero-order valence-electron chi connectivity index (χ0n) is 12.5. The van der Waals surface area contributed by atoms with Crippen LogP contribution >= 0.6 is 0 Å². The molecule has 1 atom stereocenters. The van der Waals surface area contributed by atoms with E-state index in [9.17, 15) is 10.1 Å². The molecule has 0 spiro atoms. The van der Waals surface area contributed by atoms with Crippen molar-refractivity contribution in [2.24, 2.45) is 5.92 Å². The Bertz CT molecular complexity index is 361. The molecule has 1 N–H and O–H groups in total. The molecule has 0 aromatic heterocycles. The van der Waals surface area contributed by atoms with Crippen molar-refractivity contribution in [3.63, 3.8) is 0 Å². The van der Waals surface area contributed by atoms with E-state index in [2.05, 4.69) is 18.3 Å². The van der Waals surface area contributed by atoms with Crippen molar-refractivity contribution in [2.45, 2.75) is 76.4 Å². The molecule has 1 heterocycles. The molecule has 1 aliphatic carbocycles. The maximum atomic E-state index is 12.2. The van der Waals surface area contributed by atoms with Gasteiger partial charge in [-0.1, -0.05) is 13.3 Å². The minimum Gasteiger partial charge on any atom is -0.378 e. The lowest BCUT2D eigenvalue weighted by atomic mass is 9.76. The highest BCUT2D eigenvalue weighted by atomic mass is 16.5. The number of amides is 1. The molecule has 112 valence electrons. The summed E-state index contributed by atoms with van der Waals surface area (Å²) in [6.45, 7) is 2.96. The summed E-state index contributed by atoms with van der Waals surface area (Å²) < 4.78 is 5.60. The van der Waals surface area contributed by atoms with Crippen LogP contribution < -0.4 is 5.32 Å². The predicted molar refractivity (Wildman–Crippen MR) is 76.9 cm³/mol. The molecule has 1 aliphatic heterocycles. The van der Waals surface area contributed by atoms with Crippen LogP contribution in [0.15, 0.2) is 0 Å². The lowest BCUT2D eigenvalue weighted by Crippen LogP contribution is -2.50. The Morgan fingerprint density at radius 3 is 2.65 bits per heavy atom. The summed E-state index contributed by atoms with van der Waals surface area (Å²) in [5.74, 6) is 0.698. The number of nitriles is 1. The summed E-state index contributed by atoms with van der Waals surface area (Å²) in [6.07, 6.45) is 8.49. The van der Waals surface area contributed by atoms with Crippen LogP contribution in [0, 0.1) is 17.2 Å². The first-order chi connectivity index (χ1) is 9.67. The van der Waals surface area contributed by atoms with Gasteiger partial charge in [-0.2, -0.15) is 5.26 Å².